The number of likely N-dealkylation sites (tertiary alicyclic amines) is 1. The van der Waals surface area contributed by atoms with Crippen LogP contribution in [0, 0.1) is 11.8 Å². The number of carbonyl (C=O) groups is 3. The second kappa shape index (κ2) is 10.7. The Bertz CT molecular complexity index is 859. The molecule has 7 nitrogen and oxygen atoms in total. The average molecular weight is 505 g/mol. The van der Waals surface area contributed by atoms with Crippen LogP contribution in [0.1, 0.15) is 64.7 Å². The smallest absolute Gasteiger partial charge is 0.311 e. The summed E-state index contributed by atoms with van der Waals surface area (Å²) in [6.45, 7) is 10.6. The number of hydrogen-bond acceptors (Lipinski definition) is 6. The summed E-state index contributed by atoms with van der Waals surface area (Å²) >= 11 is 1.68. The first-order valence-corrected chi connectivity index (χ1v) is 14.0. The summed E-state index contributed by atoms with van der Waals surface area (Å²) in [6, 6.07) is -0.448. The Labute approximate surface area is 213 Å². The van der Waals surface area contributed by atoms with E-state index >= 15 is 0 Å². The van der Waals surface area contributed by atoms with Gasteiger partial charge in [-0.1, -0.05) is 38.0 Å². The van der Waals surface area contributed by atoms with Gasteiger partial charge in [0.25, 0.3) is 0 Å². The van der Waals surface area contributed by atoms with Crippen molar-refractivity contribution in [1.82, 2.24) is 9.80 Å². The molecule has 2 amide bonds. The molecule has 2 unspecified atom stereocenters. The highest BCUT2D eigenvalue weighted by atomic mass is 32.2. The number of aliphatic hydroxyl groups is 1. The molecule has 2 bridgehead atoms. The fourth-order valence-electron chi connectivity index (χ4n) is 7.04. The van der Waals surface area contributed by atoms with E-state index in [1.165, 1.54) is 12.5 Å². The van der Waals surface area contributed by atoms with E-state index in [-0.39, 0.29) is 37.0 Å². The van der Waals surface area contributed by atoms with Gasteiger partial charge >= 0.3 is 5.97 Å². The first kappa shape index (κ1) is 26.3. The highest BCUT2D eigenvalue weighted by Crippen LogP contribution is 2.71. The molecule has 5 atom stereocenters. The molecule has 4 fully saturated rings. The van der Waals surface area contributed by atoms with Gasteiger partial charge in [-0.15, -0.1) is 18.3 Å². The lowest BCUT2D eigenvalue weighted by Crippen LogP contribution is -2.57. The van der Waals surface area contributed by atoms with Crippen molar-refractivity contribution < 1.29 is 24.2 Å². The molecule has 8 heteroatoms. The van der Waals surface area contributed by atoms with Crippen LogP contribution < -0.4 is 0 Å². The molecule has 4 aliphatic rings. The quantitative estimate of drug-likeness (QED) is 0.264. The van der Waals surface area contributed by atoms with Gasteiger partial charge in [0, 0.05) is 30.5 Å². The van der Waals surface area contributed by atoms with Gasteiger partial charge in [0.05, 0.1) is 16.6 Å². The van der Waals surface area contributed by atoms with E-state index < -0.39 is 27.4 Å². The summed E-state index contributed by atoms with van der Waals surface area (Å²) in [4.78, 5) is 45.3. The average Bonchev–Trinajstić information content (AvgIpc) is 3.42. The van der Waals surface area contributed by atoms with Crippen molar-refractivity contribution in [3.05, 3.63) is 25.3 Å². The fourth-order valence-corrected chi connectivity index (χ4v) is 9.38. The molecule has 194 valence electrons. The minimum absolute atomic E-state index is 0.00601. The summed E-state index contributed by atoms with van der Waals surface area (Å²) in [6.07, 6.45) is 11.4. The number of carbonyl (C=O) groups excluding carboxylic acids is 3. The van der Waals surface area contributed by atoms with E-state index in [1.54, 1.807) is 22.7 Å². The van der Waals surface area contributed by atoms with Gasteiger partial charge in [-0.05, 0) is 45.4 Å². The number of ether oxygens (including phenoxy) is 1. The Morgan fingerprint density at radius 1 is 1.20 bits per heavy atom. The monoisotopic (exact) mass is 504 g/mol. The maximum absolute atomic E-state index is 14.4. The van der Waals surface area contributed by atoms with Crippen LogP contribution in [0.5, 0.6) is 0 Å². The van der Waals surface area contributed by atoms with Crippen molar-refractivity contribution in [2.45, 2.75) is 86.3 Å². The van der Waals surface area contributed by atoms with Gasteiger partial charge < -0.3 is 19.6 Å². The number of aliphatic hydroxyl groups excluding tert-OH is 1. The van der Waals surface area contributed by atoms with E-state index in [0.717, 1.165) is 38.5 Å². The zero-order valence-corrected chi connectivity index (χ0v) is 21.8. The summed E-state index contributed by atoms with van der Waals surface area (Å²) in [7, 11) is 0. The summed E-state index contributed by atoms with van der Waals surface area (Å²) in [5.41, 5.74) is 0. The maximum Gasteiger partial charge on any atom is 0.311 e. The first-order valence-electron chi connectivity index (χ1n) is 13.1. The van der Waals surface area contributed by atoms with Crippen molar-refractivity contribution in [1.29, 1.82) is 0 Å². The van der Waals surface area contributed by atoms with Crippen molar-refractivity contribution in [2.24, 2.45) is 11.8 Å². The third-order valence-corrected chi connectivity index (χ3v) is 10.5. The molecule has 0 aromatic carbocycles. The lowest BCUT2D eigenvalue weighted by Gasteiger charge is -2.41. The van der Waals surface area contributed by atoms with Gasteiger partial charge in [-0.25, -0.2) is 0 Å². The predicted molar refractivity (Wildman–Crippen MR) is 137 cm³/mol. The van der Waals surface area contributed by atoms with Crippen LogP contribution in [0.25, 0.3) is 0 Å². The minimum Gasteiger partial charge on any atom is -0.461 e. The molecular formula is C27H40N2O5S. The topological polar surface area (TPSA) is 87.1 Å². The van der Waals surface area contributed by atoms with Gasteiger partial charge in [0.1, 0.15) is 12.6 Å². The van der Waals surface area contributed by atoms with Crippen LogP contribution >= 0.6 is 11.8 Å². The van der Waals surface area contributed by atoms with Gasteiger partial charge in [-0.3, -0.25) is 14.4 Å². The zero-order chi connectivity index (χ0) is 25.2. The molecule has 4 rings (SSSR count). The SMILES string of the molecule is C=CCOC(=O)[C@@H]1[C@H]2C(=O)N(CCCCO)C(C(=O)N(CC=C)C3CCCCC3)C23CC[C@@]1(C)S3. The van der Waals surface area contributed by atoms with Crippen molar-refractivity contribution in [3.8, 4) is 0 Å². The molecule has 1 saturated carbocycles. The normalized spacial score (nSPS) is 34.1. The standard InChI is InChI=1S/C27H40N2O5S/c1-4-15-28(19-11-7-6-8-12-19)24(32)22-27-14-13-26(3,35-27)21(25(33)34-18-5-2)20(27)23(31)29(22)16-9-10-17-30/h4-5,19-22,30H,1-2,6-18H2,3H3/t20-,21-,22?,26+,27?/m0/s1. The number of thioether (sulfide) groups is 1. The summed E-state index contributed by atoms with van der Waals surface area (Å²) in [5, 5.41) is 9.34. The van der Waals surface area contributed by atoms with Crippen LogP contribution in [0.15, 0.2) is 25.3 Å². The van der Waals surface area contributed by atoms with E-state index in [0.29, 0.717) is 25.9 Å². The minimum atomic E-state index is -0.631. The molecule has 3 aliphatic heterocycles. The van der Waals surface area contributed by atoms with Crippen LogP contribution in [-0.2, 0) is 19.1 Å². The Hall–Kier alpha value is -1.80. The number of nitrogens with zero attached hydrogens (tertiary/aromatic N) is 2. The number of unbranched alkanes of at least 4 members (excludes halogenated alkanes) is 1. The van der Waals surface area contributed by atoms with Crippen LogP contribution in [-0.4, -0.2) is 80.6 Å². The summed E-state index contributed by atoms with van der Waals surface area (Å²) in [5.74, 6) is -1.62. The number of amides is 2. The number of hydrogen-bond donors (Lipinski definition) is 1. The van der Waals surface area contributed by atoms with E-state index in [4.69, 9.17) is 4.74 Å². The molecule has 1 N–H and O–H groups in total. The number of fused-ring (bicyclic) bond motifs is 1. The fraction of sp³-hybridized carbons (Fsp3) is 0.741. The van der Waals surface area contributed by atoms with Crippen molar-refractivity contribution >= 4 is 29.5 Å². The van der Waals surface area contributed by atoms with Crippen molar-refractivity contribution in [2.75, 3.05) is 26.3 Å². The van der Waals surface area contributed by atoms with Gasteiger partial charge in [0.2, 0.25) is 11.8 Å². The zero-order valence-electron chi connectivity index (χ0n) is 21.0. The lowest BCUT2D eigenvalue weighted by molar-refractivity contribution is -0.154. The number of rotatable bonds is 11. The summed E-state index contributed by atoms with van der Waals surface area (Å²) < 4.78 is 4.42. The molecular weight excluding hydrogens is 464 g/mol. The van der Waals surface area contributed by atoms with Gasteiger partial charge in [-0.2, -0.15) is 0 Å². The maximum atomic E-state index is 14.4. The third-order valence-electron chi connectivity index (χ3n) is 8.54. The Morgan fingerprint density at radius 3 is 2.60 bits per heavy atom. The predicted octanol–water partition coefficient (Wildman–Crippen LogP) is 3.32. The molecule has 1 spiro atoms. The molecule has 35 heavy (non-hydrogen) atoms. The second-order valence-corrected chi connectivity index (χ2v) is 12.6. The van der Waals surface area contributed by atoms with E-state index in [1.807, 2.05) is 4.90 Å². The third kappa shape index (κ3) is 4.45. The Morgan fingerprint density at radius 2 is 1.94 bits per heavy atom. The van der Waals surface area contributed by atoms with E-state index in [2.05, 4.69) is 20.1 Å². The highest BCUT2D eigenvalue weighted by Gasteiger charge is 2.77. The van der Waals surface area contributed by atoms with Crippen molar-refractivity contribution in [3.63, 3.8) is 0 Å². The lowest BCUT2D eigenvalue weighted by atomic mass is 9.66. The number of esters is 1. The van der Waals surface area contributed by atoms with E-state index in [9.17, 15) is 19.5 Å². The largest absolute Gasteiger partial charge is 0.461 e. The van der Waals surface area contributed by atoms with Crippen LogP contribution in [0.3, 0.4) is 0 Å². The Kier molecular flexibility index (Phi) is 8.01. The van der Waals surface area contributed by atoms with Crippen LogP contribution in [0.2, 0.25) is 0 Å². The van der Waals surface area contributed by atoms with Gasteiger partial charge in [0.15, 0.2) is 0 Å². The Balaban J connectivity index is 1.71. The highest BCUT2D eigenvalue weighted by molar-refractivity contribution is 8.02. The first-order chi connectivity index (χ1) is 16.8. The molecule has 0 aromatic heterocycles. The molecule has 3 heterocycles. The molecule has 0 radical (unpaired) electrons. The molecule has 0 aromatic rings. The van der Waals surface area contributed by atoms with Crippen LogP contribution in [0.4, 0.5) is 0 Å². The second-order valence-electron chi connectivity index (χ2n) is 10.7. The molecule has 3 saturated heterocycles. The molecule has 1 aliphatic carbocycles.